The van der Waals surface area contributed by atoms with Gasteiger partial charge in [-0.3, -0.25) is 4.79 Å². The summed E-state index contributed by atoms with van der Waals surface area (Å²) in [7, 11) is -3.30. The number of nitrogens with one attached hydrogen (secondary N) is 1. The van der Waals surface area contributed by atoms with Crippen LogP contribution in [0.3, 0.4) is 0 Å². The SMILES string of the molecule is O=C(NC1CCS(=O)(=O)c2ccccc21)C1(c2ccccc2F)CC1. The summed E-state index contributed by atoms with van der Waals surface area (Å²) < 4.78 is 38.6. The van der Waals surface area contributed by atoms with Crippen LogP contribution in [0.4, 0.5) is 4.39 Å². The fourth-order valence-electron chi connectivity index (χ4n) is 3.63. The molecule has 1 saturated carbocycles. The van der Waals surface area contributed by atoms with Gasteiger partial charge in [-0.1, -0.05) is 36.4 Å². The first kappa shape index (κ1) is 16.3. The summed E-state index contributed by atoms with van der Waals surface area (Å²) >= 11 is 0. The van der Waals surface area contributed by atoms with E-state index in [-0.39, 0.29) is 28.4 Å². The molecule has 4 rings (SSSR count). The van der Waals surface area contributed by atoms with Crippen molar-refractivity contribution in [2.24, 2.45) is 0 Å². The molecule has 1 N–H and O–H groups in total. The average Bonchev–Trinajstić information content (AvgIpc) is 3.40. The van der Waals surface area contributed by atoms with Crippen molar-refractivity contribution in [3.8, 4) is 0 Å². The standard InChI is InChI=1S/C19H18FNO3S/c20-15-7-3-2-6-14(15)19(10-11-19)18(22)21-16-9-12-25(23,24)17-8-4-1-5-13(16)17/h1-8,16H,9-12H2,(H,21,22). The first-order valence-electron chi connectivity index (χ1n) is 8.32. The predicted octanol–water partition coefficient (Wildman–Crippen LogP) is 2.89. The van der Waals surface area contributed by atoms with Crippen molar-refractivity contribution in [1.29, 1.82) is 0 Å². The summed E-state index contributed by atoms with van der Waals surface area (Å²) in [5, 5.41) is 2.97. The molecule has 0 saturated heterocycles. The van der Waals surface area contributed by atoms with Crippen molar-refractivity contribution in [3.63, 3.8) is 0 Å². The second kappa shape index (κ2) is 5.66. The summed E-state index contributed by atoms with van der Waals surface area (Å²) in [5.41, 5.74) is 0.215. The number of carbonyl (C=O) groups excluding carboxylic acids is 1. The molecular formula is C19H18FNO3S. The highest BCUT2D eigenvalue weighted by atomic mass is 32.2. The van der Waals surface area contributed by atoms with Gasteiger partial charge in [0.25, 0.3) is 0 Å². The summed E-state index contributed by atoms with van der Waals surface area (Å²) in [5.74, 6) is -0.597. The van der Waals surface area contributed by atoms with Crippen molar-refractivity contribution in [3.05, 3.63) is 65.5 Å². The quantitative estimate of drug-likeness (QED) is 0.917. The van der Waals surface area contributed by atoms with Crippen LogP contribution in [0, 0.1) is 5.82 Å². The van der Waals surface area contributed by atoms with E-state index in [0.29, 0.717) is 30.4 Å². The Morgan fingerprint density at radius 2 is 1.76 bits per heavy atom. The molecule has 2 aromatic carbocycles. The van der Waals surface area contributed by atoms with Gasteiger partial charge in [-0.25, -0.2) is 12.8 Å². The molecule has 1 fully saturated rings. The maximum atomic E-state index is 14.1. The Morgan fingerprint density at radius 1 is 1.08 bits per heavy atom. The van der Waals surface area contributed by atoms with Crippen LogP contribution in [-0.4, -0.2) is 20.1 Å². The smallest absolute Gasteiger partial charge is 0.231 e. The number of fused-ring (bicyclic) bond motifs is 1. The topological polar surface area (TPSA) is 63.2 Å². The Hall–Kier alpha value is -2.21. The third kappa shape index (κ3) is 2.65. The molecule has 1 heterocycles. The van der Waals surface area contributed by atoms with Crippen molar-refractivity contribution in [2.75, 3.05) is 5.75 Å². The van der Waals surface area contributed by atoms with E-state index in [9.17, 15) is 17.6 Å². The minimum atomic E-state index is -3.30. The molecule has 0 aromatic heterocycles. The number of sulfone groups is 1. The number of halogens is 1. The Morgan fingerprint density at radius 3 is 2.48 bits per heavy atom. The molecule has 0 bridgehead atoms. The van der Waals surface area contributed by atoms with Gasteiger partial charge in [0.15, 0.2) is 9.84 Å². The Kier molecular flexibility index (Phi) is 3.68. The normalized spacial score (nSPS) is 22.7. The molecule has 6 heteroatoms. The van der Waals surface area contributed by atoms with E-state index < -0.39 is 15.3 Å². The van der Waals surface area contributed by atoms with Crippen LogP contribution >= 0.6 is 0 Å². The van der Waals surface area contributed by atoms with E-state index in [1.54, 1.807) is 42.5 Å². The number of rotatable bonds is 3. The maximum Gasteiger partial charge on any atom is 0.231 e. The third-order valence-electron chi connectivity index (χ3n) is 5.18. The first-order chi connectivity index (χ1) is 11.9. The molecule has 1 aliphatic heterocycles. The molecule has 25 heavy (non-hydrogen) atoms. The van der Waals surface area contributed by atoms with Gasteiger partial charge in [-0.05, 0) is 37.0 Å². The number of hydrogen-bond donors (Lipinski definition) is 1. The molecule has 4 nitrogen and oxygen atoms in total. The van der Waals surface area contributed by atoms with Gasteiger partial charge in [-0.15, -0.1) is 0 Å². The molecule has 2 aliphatic rings. The number of benzene rings is 2. The lowest BCUT2D eigenvalue weighted by molar-refractivity contribution is -0.124. The highest BCUT2D eigenvalue weighted by molar-refractivity contribution is 7.91. The van der Waals surface area contributed by atoms with Gasteiger partial charge in [0.2, 0.25) is 5.91 Å². The van der Waals surface area contributed by atoms with E-state index in [4.69, 9.17) is 0 Å². The molecule has 1 aliphatic carbocycles. The Labute approximate surface area is 146 Å². The average molecular weight is 359 g/mol. The van der Waals surface area contributed by atoms with Crippen molar-refractivity contribution in [2.45, 2.75) is 35.6 Å². The molecule has 1 amide bonds. The fraction of sp³-hybridized carbons (Fsp3) is 0.316. The van der Waals surface area contributed by atoms with Crippen LogP contribution in [0.5, 0.6) is 0 Å². The van der Waals surface area contributed by atoms with Crippen LogP contribution in [0.25, 0.3) is 0 Å². The zero-order valence-electron chi connectivity index (χ0n) is 13.5. The van der Waals surface area contributed by atoms with Crippen molar-refractivity contribution in [1.82, 2.24) is 5.32 Å². The monoisotopic (exact) mass is 359 g/mol. The largest absolute Gasteiger partial charge is 0.348 e. The molecular weight excluding hydrogens is 341 g/mol. The van der Waals surface area contributed by atoms with Crippen molar-refractivity contribution < 1.29 is 17.6 Å². The minimum absolute atomic E-state index is 0.00164. The summed E-state index contributed by atoms with van der Waals surface area (Å²) in [6.07, 6.45) is 1.54. The van der Waals surface area contributed by atoms with Crippen LogP contribution in [0.2, 0.25) is 0 Å². The van der Waals surface area contributed by atoms with E-state index in [1.807, 2.05) is 0 Å². The van der Waals surface area contributed by atoms with E-state index >= 15 is 0 Å². The van der Waals surface area contributed by atoms with Gasteiger partial charge in [0.05, 0.1) is 22.1 Å². The first-order valence-corrected chi connectivity index (χ1v) is 9.97. The highest BCUT2D eigenvalue weighted by Gasteiger charge is 2.53. The van der Waals surface area contributed by atoms with Crippen LogP contribution in [0.1, 0.15) is 36.4 Å². The van der Waals surface area contributed by atoms with Crippen LogP contribution in [-0.2, 0) is 20.0 Å². The number of amides is 1. The summed E-state index contributed by atoms with van der Waals surface area (Å²) in [4.78, 5) is 13.2. The summed E-state index contributed by atoms with van der Waals surface area (Å²) in [6.45, 7) is 0. The van der Waals surface area contributed by atoms with Crippen LogP contribution < -0.4 is 5.32 Å². The Bertz CT molecular complexity index is 951. The van der Waals surface area contributed by atoms with E-state index in [0.717, 1.165) is 0 Å². The van der Waals surface area contributed by atoms with Gasteiger partial charge in [0, 0.05) is 5.56 Å². The van der Waals surface area contributed by atoms with E-state index in [1.165, 1.54) is 6.07 Å². The molecule has 0 radical (unpaired) electrons. The maximum absolute atomic E-state index is 14.1. The lowest BCUT2D eigenvalue weighted by Crippen LogP contribution is -2.40. The number of hydrogen-bond acceptors (Lipinski definition) is 3. The van der Waals surface area contributed by atoms with Gasteiger partial charge < -0.3 is 5.32 Å². The van der Waals surface area contributed by atoms with Crippen LogP contribution in [0.15, 0.2) is 53.4 Å². The summed E-state index contributed by atoms with van der Waals surface area (Å²) in [6, 6.07) is 12.8. The van der Waals surface area contributed by atoms with Crippen molar-refractivity contribution >= 4 is 15.7 Å². The second-order valence-corrected chi connectivity index (χ2v) is 8.81. The molecule has 1 atom stereocenters. The fourth-order valence-corrected chi connectivity index (χ4v) is 5.25. The number of carbonyl (C=O) groups is 1. The predicted molar refractivity (Wildman–Crippen MR) is 91.3 cm³/mol. The highest BCUT2D eigenvalue weighted by Crippen LogP contribution is 2.49. The minimum Gasteiger partial charge on any atom is -0.348 e. The Balaban J connectivity index is 1.63. The molecule has 0 spiro atoms. The third-order valence-corrected chi connectivity index (χ3v) is 7.00. The zero-order chi connectivity index (χ0) is 17.7. The van der Waals surface area contributed by atoms with Gasteiger partial charge in [0.1, 0.15) is 5.82 Å². The molecule has 1 unspecified atom stereocenters. The lowest BCUT2D eigenvalue weighted by atomic mass is 9.93. The molecule has 130 valence electrons. The molecule has 2 aromatic rings. The second-order valence-electron chi connectivity index (χ2n) is 6.73. The zero-order valence-corrected chi connectivity index (χ0v) is 14.4. The van der Waals surface area contributed by atoms with Gasteiger partial charge >= 0.3 is 0 Å². The van der Waals surface area contributed by atoms with Gasteiger partial charge in [-0.2, -0.15) is 0 Å². The lowest BCUT2D eigenvalue weighted by Gasteiger charge is -2.28. The van der Waals surface area contributed by atoms with E-state index in [2.05, 4.69) is 5.32 Å².